The molecule has 1 aliphatic heterocycles. The minimum absolute atomic E-state index is 0.266. The van der Waals surface area contributed by atoms with Crippen molar-refractivity contribution in [2.45, 2.75) is 25.7 Å². The number of rotatable bonds is 5. The highest BCUT2D eigenvalue weighted by molar-refractivity contribution is 5.35. The molecule has 1 aromatic rings. The van der Waals surface area contributed by atoms with E-state index in [2.05, 4.69) is 29.6 Å². The first-order valence-corrected chi connectivity index (χ1v) is 7.12. The topological polar surface area (TPSA) is 45.0 Å². The predicted octanol–water partition coefficient (Wildman–Crippen LogP) is 1.85. The van der Waals surface area contributed by atoms with E-state index in [1.165, 1.54) is 30.4 Å². The summed E-state index contributed by atoms with van der Waals surface area (Å²) in [6.07, 6.45) is 4.83. The summed E-state index contributed by atoms with van der Waals surface area (Å²) in [5, 5.41) is 12.5. The highest BCUT2D eigenvalue weighted by atomic mass is 16.5. The molecule has 1 fully saturated rings. The van der Waals surface area contributed by atoms with E-state index >= 15 is 0 Å². The fraction of sp³-hybridized carbons (Fsp3) is 0.562. The Bertz CT molecular complexity index is 500. The van der Waals surface area contributed by atoms with Crippen molar-refractivity contribution in [3.05, 3.63) is 34.9 Å². The Morgan fingerprint density at radius 3 is 2.84 bits per heavy atom. The number of nitrogens with one attached hydrogen (secondary N) is 1. The van der Waals surface area contributed by atoms with Crippen LogP contribution in [0.5, 0.6) is 0 Å². The molecule has 0 radical (unpaired) electrons. The number of benzene rings is 1. The number of aryl methyl sites for hydroxylation is 2. The van der Waals surface area contributed by atoms with Crippen molar-refractivity contribution in [2.24, 2.45) is 5.41 Å². The number of ether oxygens (including phenoxy) is 1. The van der Waals surface area contributed by atoms with Crippen LogP contribution in [0.1, 0.15) is 23.1 Å². The molecule has 0 atom stereocenters. The highest BCUT2D eigenvalue weighted by Gasteiger charge is 2.38. The normalized spacial score (nSPS) is 19.5. The molecule has 3 nitrogen and oxygen atoms in total. The first-order valence-electron chi connectivity index (χ1n) is 7.12. The van der Waals surface area contributed by atoms with Gasteiger partial charge in [-0.2, -0.15) is 5.26 Å². The minimum atomic E-state index is -0.266. The van der Waals surface area contributed by atoms with Gasteiger partial charge in [0.2, 0.25) is 0 Å². The molecule has 0 spiro atoms. The fourth-order valence-electron chi connectivity index (χ4n) is 2.90. The van der Waals surface area contributed by atoms with Crippen molar-refractivity contribution in [3.63, 3.8) is 0 Å². The molecular weight excluding hydrogens is 236 g/mol. The molecule has 19 heavy (non-hydrogen) atoms. The molecule has 1 heterocycles. The van der Waals surface area contributed by atoms with E-state index in [0.717, 1.165) is 19.5 Å². The van der Waals surface area contributed by atoms with Crippen LogP contribution in [-0.2, 0) is 24.0 Å². The number of hydrogen-bond donors (Lipinski definition) is 1. The van der Waals surface area contributed by atoms with Gasteiger partial charge in [0.05, 0.1) is 19.3 Å². The van der Waals surface area contributed by atoms with E-state index in [-0.39, 0.29) is 5.41 Å². The van der Waals surface area contributed by atoms with Gasteiger partial charge in [0.1, 0.15) is 5.41 Å². The number of hydrogen-bond acceptors (Lipinski definition) is 3. The third-order valence-electron chi connectivity index (χ3n) is 4.21. The van der Waals surface area contributed by atoms with Gasteiger partial charge in [-0.25, -0.2) is 0 Å². The van der Waals surface area contributed by atoms with Crippen LogP contribution in [0.3, 0.4) is 0 Å². The van der Waals surface area contributed by atoms with Crippen LogP contribution in [0, 0.1) is 16.7 Å². The van der Waals surface area contributed by atoms with Gasteiger partial charge in [-0.15, -0.1) is 0 Å². The van der Waals surface area contributed by atoms with Gasteiger partial charge in [-0.05, 0) is 48.9 Å². The standard InChI is InChI=1S/C16H20N2O/c17-9-16(11-19-12-16)10-18-7-6-13-4-5-14-2-1-3-15(14)8-13/h4-5,8,18H,1-3,6-7,10-12H2. The molecule has 3 rings (SSSR count). The number of nitriles is 1. The maximum atomic E-state index is 9.09. The smallest absolute Gasteiger partial charge is 0.116 e. The van der Waals surface area contributed by atoms with Crippen LogP contribution in [0.15, 0.2) is 18.2 Å². The first kappa shape index (κ1) is 12.7. The van der Waals surface area contributed by atoms with E-state index < -0.39 is 0 Å². The lowest BCUT2D eigenvalue weighted by atomic mass is 9.88. The second-order valence-electron chi connectivity index (χ2n) is 5.77. The molecule has 100 valence electrons. The van der Waals surface area contributed by atoms with E-state index in [1.54, 1.807) is 5.56 Å². The summed E-state index contributed by atoms with van der Waals surface area (Å²) in [7, 11) is 0. The zero-order valence-corrected chi connectivity index (χ0v) is 11.2. The van der Waals surface area contributed by atoms with E-state index in [0.29, 0.717) is 13.2 Å². The van der Waals surface area contributed by atoms with Crippen LogP contribution in [0.4, 0.5) is 0 Å². The van der Waals surface area contributed by atoms with E-state index in [9.17, 15) is 0 Å². The van der Waals surface area contributed by atoms with Gasteiger partial charge in [0, 0.05) is 6.54 Å². The monoisotopic (exact) mass is 256 g/mol. The molecule has 3 heteroatoms. The van der Waals surface area contributed by atoms with Crippen molar-refractivity contribution < 1.29 is 4.74 Å². The molecule has 0 aromatic heterocycles. The molecule has 0 amide bonds. The Balaban J connectivity index is 1.46. The molecule has 2 aliphatic rings. The van der Waals surface area contributed by atoms with Crippen molar-refractivity contribution >= 4 is 0 Å². The van der Waals surface area contributed by atoms with Gasteiger partial charge in [-0.1, -0.05) is 18.2 Å². The quantitative estimate of drug-likeness (QED) is 0.818. The Hall–Kier alpha value is -1.37. The summed E-state index contributed by atoms with van der Waals surface area (Å²) >= 11 is 0. The van der Waals surface area contributed by atoms with Crippen molar-refractivity contribution in [3.8, 4) is 6.07 Å². The third-order valence-corrected chi connectivity index (χ3v) is 4.21. The lowest BCUT2D eigenvalue weighted by Gasteiger charge is -2.35. The van der Waals surface area contributed by atoms with Gasteiger partial charge < -0.3 is 10.1 Å². The summed E-state index contributed by atoms with van der Waals surface area (Å²) in [5.41, 5.74) is 4.21. The largest absolute Gasteiger partial charge is 0.378 e. The maximum Gasteiger partial charge on any atom is 0.116 e. The van der Waals surface area contributed by atoms with E-state index in [1.807, 2.05) is 0 Å². The van der Waals surface area contributed by atoms with Crippen molar-refractivity contribution in [1.29, 1.82) is 5.26 Å². The summed E-state index contributed by atoms with van der Waals surface area (Å²) in [5.74, 6) is 0. The Morgan fingerprint density at radius 1 is 1.26 bits per heavy atom. The second kappa shape index (κ2) is 5.32. The number of nitrogens with zero attached hydrogens (tertiary/aromatic N) is 1. The van der Waals surface area contributed by atoms with Crippen LogP contribution in [0.25, 0.3) is 0 Å². The predicted molar refractivity (Wildman–Crippen MR) is 73.9 cm³/mol. The molecule has 1 aromatic carbocycles. The summed E-state index contributed by atoms with van der Waals surface area (Å²) in [6.45, 7) is 2.83. The molecule has 1 N–H and O–H groups in total. The second-order valence-corrected chi connectivity index (χ2v) is 5.77. The Labute approximate surface area is 114 Å². The lowest BCUT2D eigenvalue weighted by Crippen LogP contribution is -2.48. The van der Waals surface area contributed by atoms with Crippen LogP contribution >= 0.6 is 0 Å². The van der Waals surface area contributed by atoms with Crippen molar-refractivity contribution in [1.82, 2.24) is 5.32 Å². The molecule has 0 unspecified atom stereocenters. The Kier molecular flexibility index (Phi) is 3.54. The highest BCUT2D eigenvalue weighted by Crippen LogP contribution is 2.25. The fourth-order valence-corrected chi connectivity index (χ4v) is 2.90. The van der Waals surface area contributed by atoms with Crippen molar-refractivity contribution in [2.75, 3.05) is 26.3 Å². The zero-order valence-electron chi connectivity index (χ0n) is 11.2. The molecular formula is C16H20N2O. The molecule has 1 saturated heterocycles. The first-order chi connectivity index (χ1) is 9.31. The van der Waals surface area contributed by atoms with E-state index in [4.69, 9.17) is 10.00 Å². The summed E-state index contributed by atoms with van der Waals surface area (Å²) in [4.78, 5) is 0. The third kappa shape index (κ3) is 2.65. The van der Waals surface area contributed by atoms with Crippen LogP contribution < -0.4 is 5.32 Å². The summed E-state index contributed by atoms with van der Waals surface area (Å²) < 4.78 is 5.13. The van der Waals surface area contributed by atoms with Gasteiger partial charge >= 0.3 is 0 Å². The van der Waals surface area contributed by atoms with Gasteiger partial charge in [0.25, 0.3) is 0 Å². The minimum Gasteiger partial charge on any atom is -0.378 e. The van der Waals surface area contributed by atoms with Crippen LogP contribution in [-0.4, -0.2) is 26.3 Å². The molecule has 0 bridgehead atoms. The van der Waals surface area contributed by atoms with Crippen LogP contribution in [0.2, 0.25) is 0 Å². The molecule has 1 aliphatic carbocycles. The lowest BCUT2D eigenvalue weighted by molar-refractivity contribution is -0.0752. The average molecular weight is 256 g/mol. The maximum absolute atomic E-state index is 9.09. The zero-order chi connectivity index (χ0) is 13.1. The Morgan fingerprint density at radius 2 is 2.11 bits per heavy atom. The average Bonchev–Trinajstić information content (AvgIpc) is 2.84. The SMILES string of the molecule is N#CC1(CNCCc2ccc3c(c2)CCC3)COC1. The summed E-state index contributed by atoms with van der Waals surface area (Å²) in [6, 6.07) is 9.25. The number of fused-ring (bicyclic) bond motifs is 1. The van der Waals surface area contributed by atoms with Gasteiger partial charge in [-0.3, -0.25) is 0 Å². The van der Waals surface area contributed by atoms with Gasteiger partial charge in [0.15, 0.2) is 0 Å². The molecule has 0 saturated carbocycles.